The average Bonchev–Trinajstić information content (AvgIpc) is 2.52. The molecule has 24 heavy (non-hydrogen) atoms. The van der Waals surface area contributed by atoms with E-state index in [2.05, 4.69) is 49.2 Å². The summed E-state index contributed by atoms with van der Waals surface area (Å²) in [5, 5.41) is 4.88. The number of halogens is 1. The smallest absolute Gasteiger partial charge is 0.190 e. The minimum atomic E-state index is -0.554. The van der Waals surface area contributed by atoms with Crippen LogP contribution < -0.4 is 15.0 Å². The Morgan fingerprint density at radius 3 is 2.79 bits per heavy atom. The van der Waals surface area contributed by atoms with E-state index in [9.17, 15) is 0 Å². The van der Waals surface area contributed by atoms with Gasteiger partial charge in [-0.3, -0.25) is 4.90 Å². The molecule has 3 nitrogen and oxygen atoms in total. The number of nitrogens with one attached hydrogen (secondary N) is 1. The molecular weight excluding hydrogens is 340 g/mol. The second-order valence-electron chi connectivity index (χ2n) is 6.73. The maximum atomic E-state index is 6.47. The number of nitrogens with zero attached hydrogens (tertiary/aromatic N) is 1. The molecule has 1 fully saturated rings. The molecule has 3 atom stereocenters. The summed E-state index contributed by atoms with van der Waals surface area (Å²) in [5.74, 6) is 1.05. The highest BCUT2D eigenvalue weighted by atomic mass is 35.5. The molecule has 2 bridgehead atoms. The molecule has 0 radical (unpaired) electrons. The van der Waals surface area contributed by atoms with Gasteiger partial charge in [-0.15, -0.1) is 0 Å². The first-order valence-corrected chi connectivity index (χ1v) is 8.84. The molecule has 5 heteroatoms. The number of ether oxygens (including phenoxy) is 1. The van der Waals surface area contributed by atoms with Crippen LogP contribution in [0.25, 0.3) is 0 Å². The van der Waals surface area contributed by atoms with Crippen molar-refractivity contribution in [2.24, 2.45) is 5.92 Å². The SMILES string of the molecule is Cc1cccc(N2C(=S)N[C@H]3c4cc(Cl)ccc4O[C@@]2(C)[C@H]3C)c1. The lowest BCUT2D eigenvalue weighted by Gasteiger charge is -2.56. The Morgan fingerprint density at radius 1 is 1.25 bits per heavy atom. The molecule has 2 aromatic rings. The number of fused-ring (bicyclic) bond motifs is 4. The normalized spacial score (nSPS) is 28.0. The molecule has 0 saturated carbocycles. The molecule has 4 rings (SSSR count). The van der Waals surface area contributed by atoms with Gasteiger partial charge in [0.15, 0.2) is 10.8 Å². The van der Waals surface area contributed by atoms with Crippen LogP contribution >= 0.6 is 23.8 Å². The van der Waals surface area contributed by atoms with Crippen LogP contribution in [0.2, 0.25) is 5.02 Å². The van der Waals surface area contributed by atoms with Crippen molar-refractivity contribution >= 4 is 34.6 Å². The number of hydrogen-bond acceptors (Lipinski definition) is 2. The van der Waals surface area contributed by atoms with Crippen LogP contribution in [0.3, 0.4) is 0 Å². The van der Waals surface area contributed by atoms with E-state index in [0.717, 1.165) is 17.0 Å². The van der Waals surface area contributed by atoms with Crippen LogP contribution in [0.5, 0.6) is 5.75 Å². The van der Waals surface area contributed by atoms with Crippen LogP contribution in [-0.2, 0) is 0 Å². The van der Waals surface area contributed by atoms with Gasteiger partial charge in [-0.25, -0.2) is 0 Å². The predicted molar refractivity (Wildman–Crippen MR) is 102 cm³/mol. The Balaban J connectivity index is 1.86. The summed E-state index contributed by atoms with van der Waals surface area (Å²) in [6.45, 7) is 6.38. The lowest BCUT2D eigenvalue weighted by Crippen LogP contribution is -2.69. The third-order valence-corrected chi connectivity index (χ3v) is 5.69. The molecule has 124 valence electrons. The first kappa shape index (κ1) is 15.7. The number of rotatable bonds is 1. The fraction of sp³-hybridized carbons (Fsp3) is 0.316. The zero-order chi connectivity index (χ0) is 17.1. The predicted octanol–water partition coefficient (Wildman–Crippen LogP) is 4.83. The summed E-state index contributed by atoms with van der Waals surface area (Å²) in [5.41, 5.74) is 2.75. The topological polar surface area (TPSA) is 24.5 Å². The number of hydrogen-bond donors (Lipinski definition) is 1. The van der Waals surface area contributed by atoms with Gasteiger partial charge in [-0.05, 0) is 62.0 Å². The van der Waals surface area contributed by atoms with Crippen LogP contribution in [0.15, 0.2) is 42.5 Å². The van der Waals surface area contributed by atoms with Crippen molar-refractivity contribution < 1.29 is 4.74 Å². The van der Waals surface area contributed by atoms with Gasteiger partial charge in [-0.1, -0.05) is 30.7 Å². The first-order valence-electron chi connectivity index (χ1n) is 8.06. The molecule has 2 aliphatic heterocycles. The Bertz CT molecular complexity index is 840. The van der Waals surface area contributed by atoms with Crippen molar-refractivity contribution in [2.75, 3.05) is 4.90 Å². The zero-order valence-corrected chi connectivity index (χ0v) is 15.4. The Kier molecular flexibility index (Phi) is 3.52. The minimum Gasteiger partial charge on any atom is -0.467 e. The summed E-state index contributed by atoms with van der Waals surface area (Å²) in [4.78, 5) is 2.09. The highest BCUT2D eigenvalue weighted by Gasteiger charge is 2.53. The van der Waals surface area contributed by atoms with Gasteiger partial charge in [0.1, 0.15) is 5.75 Å². The summed E-state index contributed by atoms with van der Waals surface area (Å²) in [6, 6.07) is 14.2. The molecule has 2 heterocycles. The van der Waals surface area contributed by atoms with Gasteiger partial charge in [0.05, 0.1) is 6.04 Å². The van der Waals surface area contributed by atoms with E-state index in [0.29, 0.717) is 10.1 Å². The van der Waals surface area contributed by atoms with Crippen molar-refractivity contribution in [3.8, 4) is 5.75 Å². The third kappa shape index (κ3) is 2.20. The Labute approximate surface area is 152 Å². The molecule has 1 saturated heterocycles. The first-order chi connectivity index (χ1) is 11.4. The van der Waals surface area contributed by atoms with Crippen LogP contribution in [0.1, 0.15) is 31.0 Å². The van der Waals surface area contributed by atoms with Gasteiger partial charge >= 0.3 is 0 Å². The quantitative estimate of drug-likeness (QED) is 0.738. The molecule has 2 aliphatic rings. The average molecular weight is 359 g/mol. The lowest BCUT2D eigenvalue weighted by molar-refractivity contribution is -0.00316. The second-order valence-corrected chi connectivity index (χ2v) is 7.55. The van der Waals surface area contributed by atoms with Crippen molar-refractivity contribution in [1.29, 1.82) is 0 Å². The largest absolute Gasteiger partial charge is 0.467 e. The van der Waals surface area contributed by atoms with E-state index in [1.54, 1.807) is 0 Å². The molecule has 0 amide bonds. The maximum Gasteiger partial charge on any atom is 0.190 e. The number of benzene rings is 2. The van der Waals surface area contributed by atoms with E-state index in [4.69, 9.17) is 28.6 Å². The Morgan fingerprint density at radius 2 is 2.04 bits per heavy atom. The van der Waals surface area contributed by atoms with E-state index in [1.807, 2.05) is 24.3 Å². The van der Waals surface area contributed by atoms with Crippen molar-refractivity contribution in [2.45, 2.75) is 32.5 Å². The van der Waals surface area contributed by atoms with E-state index < -0.39 is 5.72 Å². The lowest BCUT2D eigenvalue weighted by atomic mass is 9.80. The molecule has 0 aromatic heterocycles. The number of anilines is 1. The number of aryl methyl sites for hydroxylation is 1. The zero-order valence-electron chi connectivity index (χ0n) is 13.8. The second kappa shape index (κ2) is 5.36. The van der Waals surface area contributed by atoms with Crippen LogP contribution in [0.4, 0.5) is 5.69 Å². The highest BCUT2D eigenvalue weighted by molar-refractivity contribution is 7.80. The molecule has 0 unspecified atom stereocenters. The Hall–Kier alpha value is -1.78. The van der Waals surface area contributed by atoms with Gasteiger partial charge < -0.3 is 10.1 Å². The van der Waals surface area contributed by atoms with Gasteiger partial charge in [0.25, 0.3) is 0 Å². The van der Waals surface area contributed by atoms with Crippen molar-refractivity contribution in [3.63, 3.8) is 0 Å². The summed E-state index contributed by atoms with van der Waals surface area (Å²) in [7, 11) is 0. The number of thiocarbonyl (C=S) groups is 1. The monoisotopic (exact) mass is 358 g/mol. The van der Waals surface area contributed by atoms with Gasteiger partial charge in [-0.2, -0.15) is 0 Å². The van der Waals surface area contributed by atoms with E-state index in [1.165, 1.54) is 5.56 Å². The van der Waals surface area contributed by atoms with E-state index in [-0.39, 0.29) is 12.0 Å². The molecule has 0 spiro atoms. The molecule has 0 aliphatic carbocycles. The highest BCUT2D eigenvalue weighted by Crippen LogP contribution is 2.49. The van der Waals surface area contributed by atoms with Crippen LogP contribution in [0, 0.1) is 12.8 Å². The van der Waals surface area contributed by atoms with Crippen molar-refractivity contribution in [3.05, 3.63) is 58.6 Å². The fourth-order valence-electron chi connectivity index (χ4n) is 3.74. The van der Waals surface area contributed by atoms with Crippen LogP contribution in [-0.4, -0.2) is 10.8 Å². The maximum absolute atomic E-state index is 6.47. The molecular formula is C19H19ClN2OS. The summed E-state index contributed by atoms with van der Waals surface area (Å²) in [6.07, 6.45) is 0. The molecule has 2 aromatic carbocycles. The summed E-state index contributed by atoms with van der Waals surface area (Å²) >= 11 is 11.9. The van der Waals surface area contributed by atoms with Gasteiger partial charge in [0, 0.05) is 22.2 Å². The minimum absolute atomic E-state index is 0.0889. The molecule has 1 N–H and O–H groups in total. The summed E-state index contributed by atoms with van der Waals surface area (Å²) < 4.78 is 6.47. The van der Waals surface area contributed by atoms with Crippen molar-refractivity contribution in [1.82, 2.24) is 5.32 Å². The standard InChI is InChI=1S/C19H19ClN2OS/c1-11-5-4-6-14(9-11)22-18(24)21-17-12(2)19(22,3)23-16-8-7-13(20)10-15(16)17/h4-10,12,17H,1-3H3,(H,21,24)/t12-,17+,19-/m0/s1. The third-order valence-electron chi connectivity index (χ3n) is 5.15. The fourth-order valence-corrected chi connectivity index (χ4v) is 4.34. The van der Waals surface area contributed by atoms with E-state index >= 15 is 0 Å². The van der Waals surface area contributed by atoms with Gasteiger partial charge in [0.2, 0.25) is 0 Å².